The summed E-state index contributed by atoms with van der Waals surface area (Å²) in [4.78, 5) is 24.0. The fourth-order valence-corrected chi connectivity index (χ4v) is 5.86. The number of hydrogen-bond acceptors (Lipinski definition) is 7. The minimum absolute atomic E-state index is 0.0851. The average Bonchev–Trinajstić information content (AvgIpc) is 2.92. The van der Waals surface area contributed by atoms with Crippen LogP contribution in [0.1, 0.15) is 57.7 Å². The van der Waals surface area contributed by atoms with Gasteiger partial charge in [-0.05, 0) is 25.3 Å². The first-order chi connectivity index (χ1) is 11.3. The highest BCUT2D eigenvalue weighted by Gasteiger charge is 2.33. The van der Waals surface area contributed by atoms with Crippen molar-refractivity contribution < 1.29 is 27.5 Å². The third-order valence-corrected chi connectivity index (χ3v) is 7.36. The maximum Gasteiger partial charge on any atom is 0.348 e. The molecule has 0 radical (unpaired) electrons. The van der Waals surface area contributed by atoms with E-state index >= 15 is 0 Å². The molecule has 9 heteroatoms. The lowest BCUT2D eigenvalue weighted by Gasteiger charge is -2.22. The lowest BCUT2D eigenvalue weighted by Crippen LogP contribution is -2.36. The van der Waals surface area contributed by atoms with E-state index in [0.717, 1.165) is 43.4 Å². The average molecular weight is 375 g/mol. The van der Waals surface area contributed by atoms with Crippen molar-refractivity contribution in [1.29, 1.82) is 0 Å². The Labute approximate surface area is 145 Å². The van der Waals surface area contributed by atoms with E-state index in [2.05, 4.69) is 9.46 Å². The summed E-state index contributed by atoms with van der Waals surface area (Å²) in [7, 11) is -1.56. The molecular weight excluding hydrogens is 354 g/mol. The van der Waals surface area contributed by atoms with Crippen molar-refractivity contribution in [3.05, 3.63) is 16.0 Å². The molecule has 1 heterocycles. The summed E-state index contributed by atoms with van der Waals surface area (Å²) in [6.07, 6.45) is 4.56. The molecule has 0 aliphatic heterocycles. The molecule has 2 rings (SSSR count). The van der Waals surface area contributed by atoms with Gasteiger partial charge in [0.25, 0.3) is 10.0 Å². The molecule has 0 aromatic carbocycles. The zero-order chi connectivity index (χ0) is 17.9. The van der Waals surface area contributed by atoms with Gasteiger partial charge >= 0.3 is 11.9 Å². The summed E-state index contributed by atoms with van der Waals surface area (Å²) in [6, 6.07) is -0.154. The number of sulfonamides is 1. The number of rotatable bonds is 5. The molecule has 0 atom stereocenters. The molecule has 1 aliphatic rings. The van der Waals surface area contributed by atoms with Crippen molar-refractivity contribution >= 4 is 33.3 Å². The Kier molecular flexibility index (Phi) is 6.00. The SMILES string of the molecule is COC(=O)c1sc(S(=O)(=O)NC2CCCCC2)c(C(=O)OC)c1C. The van der Waals surface area contributed by atoms with Gasteiger partial charge in [-0.15, -0.1) is 11.3 Å². The Morgan fingerprint density at radius 2 is 1.67 bits per heavy atom. The van der Waals surface area contributed by atoms with Gasteiger partial charge < -0.3 is 9.47 Å². The molecular formula is C15H21NO6S2. The van der Waals surface area contributed by atoms with Crippen LogP contribution in [0, 0.1) is 6.92 Å². The second kappa shape index (κ2) is 7.62. The smallest absolute Gasteiger partial charge is 0.348 e. The maximum atomic E-state index is 12.8. The number of methoxy groups -OCH3 is 2. The maximum absolute atomic E-state index is 12.8. The first-order valence-electron chi connectivity index (χ1n) is 7.64. The van der Waals surface area contributed by atoms with E-state index in [1.54, 1.807) is 0 Å². The van der Waals surface area contributed by atoms with Gasteiger partial charge in [-0.2, -0.15) is 0 Å². The molecule has 1 fully saturated rings. The summed E-state index contributed by atoms with van der Waals surface area (Å²) in [6.45, 7) is 1.51. The molecule has 1 saturated carbocycles. The normalized spacial score (nSPS) is 16.0. The number of hydrogen-bond donors (Lipinski definition) is 1. The quantitative estimate of drug-likeness (QED) is 0.793. The Hall–Kier alpha value is -1.45. The molecule has 0 bridgehead atoms. The second-order valence-corrected chi connectivity index (χ2v) is 8.59. The highest BCUT2D eigenvalue weighted by Crippen LogP contribution is 2.33. The van der Waals surface area contributed by atoms with Crippen LogP contribution in [0.15, 0.2) is 4.21 Å². The minimum atomic E-state index is -3.93. The molecule has 1 aliphatic carbocycles. The summed E-state index contributed by atoms with van der Waals surface area (Å²) >= 11 is 0.732. The van der Waals surface area contributed by atoms with Gasteiger partial charge in [0.1, 0.15) is 4.88 Å². The largest absolute Gasteiger partial charge is 0.465 e. The van der Waals surface area contributed by atoms with E-state index in [1.807, 2.05) is 0 Å². The predicted octanol–water partition coefficient (Wildman–Crippen LogP) is 2.24. The minimum Gasteiger partial charge on any atom is -0.465 e. The van der Waals surface area contributed by atoms with Gasteiger partial charge in [0, 0.05) is 6.04 Å². The van der Waals surface area contributed by atoms with Crippen LogP contribution in [0.2, 0.25) is 0 Å². The first-order valence-corrected chi connectivity index (χ1v) is 9.94. The predicted molar refractivity (Wildman–Crippen MR) is 88.9 cm³/mol. The van der Waals surface area contributed by atoms with Crippen LogP contribution in [-0.4, -0.2) is 40.6 Å². The first kappa shape index (κ1) is 18.9. The fourth-order valence-electron chi connectivity index (χ4n) is 2.80. The highest BCUT2D eigenvalue weighted by molar-refractivity contribution is 7.91. The number of carbonyl (C=O) groups excluding carboxylic acids is 2. The standard InChI is InChI=1S/C15H21NO6S2/c1-9-11(13(17)21-2)15(23-12(9)14(18)22-3)24(19,20)16-10-7-5-4-6-8-10/h10,16H,4-8H2,1-3H3. The van der Waals surface area contributed by atoms with E-state index in [-0.39, 0.29) is 26.3 Å². The lowest BCUT2D eigenvalue weighted by atomic mass is 9.96. The molecule has 7 nitrogen and oxygen atoms in total. The van der Waals surface area contributed by atoms with Gasteiger partial charge in [0.2, 0.25) is 0 Å². The molecule has 1 N–H and O–H groups in total. The topological polar surface area (TPSA) is 98.8 Å². The molecule has 1 aromatic heterocycles. The van der Waals surface area contributed by atoms with E-state index in [9.17, 15) is 18.0 Å². The molecule has 0 spiro atoms. The van der Waals surface area contributed by atoms with Crippen molar-refractivity contribution in [2.75, 3.05) is 14.2 Å². The zero-order valence-electron chi connectivity index (χ0n) is 13.9. The van der Waals surface area contributed by atoms with Gasteiger partial charge in [0.15, 0.2) is 4.21 Å². The Morgan fingerprint density at radius 3 is 2.21 bits per heavy atom. The summed E-state index contributed by atoms with van der Waals surface area (Å²) in [5.41, 5.74) is 0.147. The van der Waals surface area contributed by atoms with Crippen molar-refractivity contribution in [3.63, 3.8) is 0 Å². The Morgan fingerprint density at radius 1 is 1.08 bits per heavy atom. The van der Waals surface area contributed by atoms with Crippen LogP contribution in [0.5, 0.6) is 0 Å². The molecule has 24 heavy (non-hydrogen) atoms. The number of ether oxygens (including phenoxy) is 2. The van der Waals surface area contributed by atoms with Gasteiger partial charge in [-0.25, -0.2) is 22.7 Å². The number of esters is 2. The summed E-state index contributed by atoms with van der Waals surface area (Å²) < 4.78 is 37.3. The van der Waals surface area contributed by atoms with Crippen LogP contribution in [0.3, 0.4) is 0 Å². The van der Waals surface area contributed by atoms with Crippen molar-refractivity contribution in [3.8, 4) is 0 Å². The van der Waals surface area contributed by atoms with Crippen LogP contribution in [0.4, 0.5) is 0 Å². The van der Waals surface area contributed by atoms with Gasteiger partial charge in [0.05, 0.1) is 19.8 Å². The zero-order valence-corrected chi connectivity index (χ0v) is 15.5. The highest BCUT2D eigenvalue weighted by atomic mass is 32.2. The molecule has 1 aromatic rings. The summed E-state index contributed by atoms with van der Waals surface area (Å²) in [5, 5.41) is 0. The van der Waals surface area contributed by atoms with Crippen LogP contribution in [0.25, 0.3) is 0 Å². The van der Waals surface area contributed by atoms with Crippen molar-refractivity contribution in [2.45, 2.75) is 49.3 Å². The van der Waals surface area contributed by atoms with Crippen molar-refractivity contribution in [1.82, 2.24) is 4.72 Å². The van der Waals surface area contributed by atoms with E-state index in [0.29, 0.717) is 0 Å². The number of carbonyl (C=O) groups is 2. The fraction of sp³-hybridized carbons (Fsp3) is 0.600. The lowest BCUT2D eigenvalue weighted by molar-refractivity contribution is 0.0596. The molecule has 0 saturated heterocycles. The molecule has 134 valence electrons. The Balaban J connectivity index is 2.46. The Bertz CT molecular complexity index is 731. The van der Waals surface area contributed by atoms with Gasteiger partial charge in [-0.3, -0.25) is 0 Å². The second-order valence-electron chi connectivity index (χ2n) is 5.66. The number of thiophene rings is 1. The number of nitrogens with one attached hydrogen (secondary N) is 1. The third kappa shape index (κ3) is 3.79. The third-order valence-electron chi connectivity index (χ3n) is 4.05. The van der Waals surface area contributed by atoms with E-state index in [1.165, 1.54) is 21.1 Å². The van der Waals surface area contributed by atoms with Crippen LogP contribution in [-0.2, 0) is 19.5 Å². The molecule has 0 unspecified atom stereocenters. The van der Waals surface area contributed by atoms with Gasteiger partial charge in [-0.1, -0.05) is 19.3 Å². The van der Waals surface area contributed by atoms with Crippen molar-refractivity contribution in [2.24, 2.45) is 0 Å². The van der Waals surface area contributed by atoms with E-state index in [4.69, 9.17) is 4.74 Å². The monoisotopic (exact) mass is 375 g/mol. The van der Waals surface area contributed by atoms with Crippen LogP contribution < -0.4 is 4.72 Å². The van der Waals surface area contributed by atoms with E-state index < -0.39 is 22.0 Å². The molecule has 0 amide bonds. The van der Waals surface area contributed by atoms with Crippen LogP contribution >= 0.6 is 11.3 Å². The summed E-state index contributed by atoms with van der Waals surface area (Å²) in [5.74, 6) is -1.47.